The number of hydrazine groups is 1. The Morgan fingerprint density at radius 3 is 2.22 bits per heavy atom. The Hall–Kier alpha value is -2.42. The maximum absolute atomic E-state index is 6.42. The van der Waals surface area contributed by atoms with E-state index in [0.717, 1.165) is 68.8 Å². The average molecular weight is 595 g/mol. The highest BCUT2D eigenvalue weighted by molar-refractivity contribution is 7.99. The Morgan fingerprint density at radius 2 is 1.46 bits per heavy atom. The summed E-state index contributed by atoms with van der Waals surface area (Å²) in [7, 11) is 0. The van der Waals surface area contributed by atoms with Crippen LogP contribution in [0.15, 0.2) is 76.5 Å². The topological polar surface area (TPSA) is 40.2 Å². The summed E-state index contributed by atoms with van der Waals surface area (Å²) >= 11 is 8.23. The molecule has 8 heteroatoms. The van der Waals surface area contributed by atoms with Crippen LogP contribution < -0.4 is 19.8 Å². The van der Waals surface area contributed by atoms with Gasteiger partial charge in [0.05, 0.1) is 18.0 Å². The Balaban J connectivity index is 1.02. The van der Waals surface area contributed by atoms with E-state index in [9.17, 15) is 0 Å². The van der Waals surface area contributed by atoms with E-state index < -0.39 is 0 Å². The number of halogens is 1. The number of hydrogen-bond donors (Lipinski definition) is 1. The van der Waals surface area contributed by atoms with E-state index in [0.29, 0.717) is 12.6 Å². The highest BCUT2D eigenvalue weighted by atomic mass is 35.5. The van der Waals surface area contributed by atoms with Gasteiger partial charge in [-0.1, -0.05) is 62.2 Å². The van der Waals surface area contributed by atoms with Crippen molar-refractivity contribution >= 4 is 34.7 Å². The monoisotopic (exact) mass is 594 g/mol. The highest BCUT2D eigenvalue weighted by Crippen LogP contribution is 2.49. The van der Waals surface area contributed by atoms with Gasteiger partial charge in [-0.15, -0.1) is 0 Å². The third-order valence-corrected chi connectivity index (χ3v) is 8.85. The summed E-state index contributed by atoms with van der Waals surface area (Å²) in [5.74, 6) is 1.81. The van der Waals surface area contributed by atoms with Crippen LogP contribution >= 0.6 is 23.4 Å². The van der Waals surface area contributed by atoms with Crippen LogP contribution in [0.5, 0.6) is 11.5 Å². The van der Waals surface area contributed by atoms with Crippen LogP contribution in [0.4, 0.5) is 11.4 Å². The fourth-order valence-electron chi connectivity index (χ4n) is 5.26. The molecule has 0 aliphatic carbocycles. The Morgan fingerprint density at radius 1 is 0.780 bits per heavy atom. The Bertz CT molecular complexity index is 1230. The summed E-state index contributed by atoms with van der Waals surface area (Å²) in [6.45, 7) is 11.7. The number of benzene rings is 3. The second kappa shape index (κ2) is 15.2. The molecule has 0 spiro atoms. The van der Waals surface area contributed by atoms with E-state index in [4.69, 9.17) is 21.1 Å². The van der Waals surface area contributed by atoms with Crippen LogP contribution in [0.1, 0.15) is 39.5 Å². The van der Waals surface area contributed by atoms with Crippen LogP contribution in [0.3, 0.4) is 0 Å². The van der Waals surface area contributed by atoms with E-state index in [1.54, 1.807) is 0 Å². The molecular formula is C33H43ClN4O2S. The predicted octanol–water partition coefficient (Wildman–Crippen LogP) is 7.49. The predicted molar refractivity (Wildman–Crippen MR) is 171 cm³/mol. The summed E-state index contributed by atoms with van der Waals surface area (Å²) < 4.78 is 12.0. The second-order valence-electron chi connectivity index (χ2n) is 11.0. The maximum Gasteiger partial charge on any atom is 0.119 e. The lowest BCUT2D eigenvalue weighted by Crippen LogP contribution is -2.53. The van der Waals surface area contributed by atoms with Gasteiger partial charge in [-0.05, 0) is 74.0 Å². The van der Waals surface area contributed by atoms with Gasteiger partial charge in [0, 0.05) is 53.6 Å². The molecule has 2 heterocycles. The lowest BCUT2D eigenvalue weighted by molar-refractivity contribution is 0.116. The molecule has 3 aromatic rings. The number of unbranched alkanes of at least 4 members (excludes halogenated alkanes) is 3. The SMILES string of the molecule is CC(C)NCCCCCCOc1ccc(OCCN2CCN(N3c4ccccc4Sc4ccc(Cl)cc43)CC2)cc1. The quantitative estimate of drug-likeness (QED) is 0.194. The molecule has 2 aliphatic rings. The number of piperazine rings is 1. The van der Waals surface area contributed by atoms with Crippen molar-refractivity contribution in [3.05, 3.63) is 71.8 Å². The zero-order valence-electron chi connectivity index (χ0n) is 24.4. The van der Waals surface area contributed by atoms with Gasteiger partial charge in [0.1, 0.15) is 18.1 Å². The van der Waals surface area contributed by atoms with Gasteiger partial charge < -0.3 is 14.8 Å². The number of nitrogens with zero attached hydrogens (tertiary/aromatic N) is 3. The normalized spacial score (nSPS) is 15.6. The van der Waals surface area contributed by atoms with Gasteiger partial charge in [-0.2, -0.15) is 0 Å². The summed E-state index contributed by atoms with van der Waals surface area (Å²) in [6, 6.07) is 23.5. The van der Waals surface area contributed by atoms with E-state index in [1.807, 2.05) is 42.1 Å². The minimum absolute atomic E-state index is 0.573. The molecule has 0 radical (unpaired) electrons. The first-order chi connectivity index (χ1) is 20.1. The van der Waals surface area contributed by atoms with Crippen molar-refractivity contribution in [3.63, 3.8) is 0 Å². The van der Waals surface area contributed by atoms with Crippen LogP contribution in [0.2, 0.25) is 5.02 Å². The van der Waals surface area contributed by atoms with E-state index in [2.05, 4.69) is 70.5 Å². The van der Waals surface area contributed by atoms with Crippen molar-refractivity contribution in [2.45, 2.75) is 55.4 Å². The smallest absolute Gasteiger partial charge is 0.119 e. The molecule has 41 heavy (non-hydrogen) atoms. The minimum Gasteiger partial charge on any atom is -0.494 e. The molecule has 5 rings (SSSR count). The lowest BCUT2D eigenvalue weighted by Gasteiger charge is -2.44. The fraction of sp³-hybridized carbons (Fsp3) is 0.455. The molecule has 0 unspecified atom stereocenters. The average Bonchev–Trinajstić information content (AvgIpc) is 2.98. The third kappa shape index (κ3) is 8.55. The molecular weight excluding hydrogens is 552 g/mol. The number of nitrogens with one attached hydrogen (secondary N) is 1. The van der Waals surface area contributed by atoms with Gasteiger partial charge >= 0.3 is 0 Å². The van der Waals surface area contributed by atoms with Crippen molar-refractivity contribution in [1.29, 1.82) is 0 Å². The summed E-state index contributed by atoms with van der Waals surface area (Å²) in [6.07, 6.45) is 4.78. The number of anilines is 2. The van der Waals surface area contributed by atoms with E-state index in [-0.39, 0.29) is 0 Å². The summed E-state index contributed by atoms with van der Waals surface area (Å²) in [5, 5.41) is 9.06. The van der Waals surface area contributed by atoms with Gasteiger partial charge in [-0.3, -0.25) is 9.91 Å². The highest BCUT2D eigenvalue weighted by Gasteiger charge is 2.30. The molecule has 0 amide bonds. The van der Waals surface area contributed by atoms with Crippen LogP contribution in [-0.4, -0.2) is 68.4 Å². The van der Waals surface area contributed by atoms with Crippen molar-refractivity contribution in [2.24, 2.45) is 0 Å². The molecule has 3 aromatic carbocycles. The standard InChI is InChI=1S/C33H43ClN4O2S/c1-26(2)35-17-7-3-4-8-23-39-28-12-14-29(15-13-28)40-24-22-36-18-20-37(21-19-36)38-30-9-5-6-10-32(30)41-33-16-11-27(34)25-31(33)38/h5-6,9-16,25-26,35H,3-4,7-8,17-24H2,1-2H3. The molecule has 0 aromatic heterocycles. The summed E-state index contributed by atoms with van der Waals surface area (Å²) in [5.41, 5.74) is 2.39. The Labute approximate surface area is 254 Å². The van der Waals surface area contributed by atoms with Gasteiger partial charge in [0.15, 0.2) is 0 Å². The fourth-order valence-corrected chi connectivity index (χ4v) is 6.46. The lowest BCUT2D eigenvalue weighted by atomic mass is 10.2. The van der Waals surface area contributed by atoms with Crippen LogP contribution in [0.25, 0.3) is 0 Å². The number of hydrogen-bond acceptors (Lipinski definition) is 7. The largest absolute Gasteiger partial charge is 0.494 e. The first-order valence-corrected chi connectivity index (χ1v) is 16.2. The van der Waals surface area contributed by atoms with Gasteiger partial charge in [0.25, 0.3) is 0 Å². The maximum atomic E-state index is 6.42. The first-order valence-electron chi connectivity index (χ1n) is 15.0. The zero-order valence-corrected chi connectivity index (χ0v) is 25.9. The molecule has 220 valence electrons. The van der Waals surface area contributed by atoms with Crippen molar-refractivity contribution in [2.75, 3.05) is 57.5 Å². The number of fused-ring (bicyclic) bond motifs is 2. The van der Waals surface area contributed by atoms with E-state index >= 15 is 0 Å². The molecule has 2 aliphatic heterocycles. The molecule has 0 bridgehead atoms. The zero-order chi connectivity index (χ0) is 28.4. The second-order valence-corrected chi connectivity index (χ2v) is 12.5. The third-order valence-electron chi connectivity index (χ3n) is 7.49. The number of ether oxygens (including phenoxy) is 2. The minimum atomic E-state index is 0.573. The molecule has 0 saturated carbocycles. The van der Waals surface area contributed by atoms with Crippen LogP contribution in [-0.2, 0) is 0 Å². The number of rotatable bonds is 14. The van der Waals surface area contributed by atoms with Gasteiger partial charge in [0.2, 0.25) is 0 Å². The van der Waals surface area contributed by atoms with Crippen molar-refractivity contribution < 1.29 is 9.47 Å². The van der Waals surface area contributed by atoms with Crippen molar-refractivity contribution in [3.8, 4) is 11.5 Å². The summed E-state index contributed by atoms with van der Waals surface area (Å²) in [4.78, 5) is 5.00. The molecule has 1 saturated heterocycles. The molecule has 0 atom stereocenters. The molecule has 6 nitrogen and oxygen atoms in total. The van der Waals surface area contributed by atoms with E-state index in [1.165, 1.54) is 40.4 Å². The van der Waals surface area contributed by atoms with Crippen LogP contribution in [0, 0.1) is 0 Å². The van der Waals surface area contributed by atoms with Crippen molar-refractivity contribution in [1.82, 2.24) is 15.2 Å². The Kier molecular flexibility index (Phi) is 11.1. The molecule has 1 N–H and O–H groups in total. The number of para-hydroxylation sites is 1. The molecule has 1 fully saturated rings. The first kappa shape index (κ1) is 30.1. The van der Waals surface area contributed by atoms with Gasteiger partial charge in [-0.25, -0.2) is 5.01 Å².